The molecule has 0 radical (unpaired) electrons. The fourth-order valence-corrected chi connectivity index (χ4v) is 5.29. The van der Waals surface area contributed by atoms with Gasteiger partial charge in [-0.1, -0.05) is 30.8 Å². The Labute approximate surface area is 194 Å². The van der Waals surface area contributed by atoms with Crippen molar-refractivity contribution in [1.82, 2.24) is 9.88 Å². The van der Waals surface area contributed by atoms with Crippen molar-refractivity contribution in [2.45, 2.75) is 30.5 Å². The Morgan fingerprint density at radius 1 is 1.09 bits per heavy atom. The predicted molar refractivity (Wildman–Crippen MR) is 128 cm³/mol. The number of nitrogens with zero attached hydrogens (tertiary/aromatic N) is 2. The van der Waals surface area contributed by atoms with E-state index in [9.17, 15) is 14.4 Å². The van der Waals surface area contributed by atoms with Crippen molar-refractivity contribution < 1.29 is 14.4 Å². The van der Waals surface area contributed by atoms with Crippen molar-refractivity contribution in [3.63, 3.8) is 0 Å². The number of imide groups is 1. The molecule has 0 saturated heterocycles. The lowest BCUT2D eigenvalue weighted by Gasteiger charge is -2.13. The lowest BCUT2D eigenvalue weighted by atomic mass is 10.1. The van der Waals surface area contributed by atoms with Gasteiger partial charge in [-0.3, -0.25) is 19.3 Å². The van der Waals surface area contributed by atoms with Crippen molar-refractivity contribution in [1.29, 1.82) is 0 Å². The third-order valence-corrected chi connectivity index (χ3v) is 6.95. The highest BCUT2D eigenvalue weighted by molar-refractivity contribution is 8.01. The van der Waals surface area contributed by atoms with Gasteiger partial charge in [0.15, 0.2) is 4.34 Å². The van der Waals surface area contributed by atoms with Crippen LogP contribution in [0.1, 0.15) is 46.9 Å². The van der Waals surface area contributed by atoms with Crippen LogP contribution >= 0.6 is 23.1 Å². The van der Waals surface area contributed by atoms with Gasteiger partial charge in [-0.2, -0.15) is 0 Å². The topological polar surface area (TPSA) is 79.4 Å². The summed E-state index contributed by atoms with van der Waals surface area (Å²) in [6.07, 6.45) is 2.85. The minimum Gasteiger partial charge on any atom is -0.324 e. The molecule has 2 heterocycles. The molecule has 2 aromatic carbocycles. The summed E-state index contributed by atoms with van der Waals surface area (Å²) < 4.78 is 1.93. The van der Waals surface area contributed by atoms with Gasteiger partial charge in [-0.25, -0.2) is 4.98 Å². The second-order valence-corrected chi connectivity index (χ2v) is 9.53. The van der Waals surface area contributed by atoms with E-state index in [2.05, 4.69) is 29.1 Å². The first kappa shape index (κ1) is 22.1. The van der Waals surface area contributed by atoms with Crippen LogP contribution in [0.2, 0.25) is 0 Å². The number of amides is 3. The normalized spacial score (nSPS) is 12.6. The number of benzene rings is 2. The van der Waals surface area contributed by atoms with Gasteiger partial charge in [0.2, 0.25) is 5.91 Å². The standard InChI is InChI=1S/C24H21N3O3S2/c1-2-3-4-5-8-13-31-24-26-19-12-11-16(14-20(19)32-24)25-21(28)15-27-22(29)17-9-6-7-10-18(17)23(27)30/h6-7,9-12,14H,2-3,8,13,15H2,1H3,(H,25,28). The Morgan fingerprint density at radius 2 is 1.81 bits per heavy atom. The average Bonchev–Trinajstić information content (AvgIpc) is 3.30. The molecule has 0 atom stereocenters. The van der Waals surface area contributed by atoms with Gasteiger partial charge in [0.05, 0.1) is 21.3 Å². The fourth-order valence-electron chi connectivity index (χ4n) is 3.26. The van der Waals surface area contributed by atoms with E-state index < -0.39 is 17.7 Å². The van der Waals surface area contributed by atoms with E-state index >= 15 is 0 Å². The van der Waals surface area contributed by atoms with Crippen molar-refractivity contribution in [3.8, 4) is 11.8 Å². The van der Waals surface area contributed by atoms with Crippen molar-refractivity contribution in [3.05, 3.63) is 53.6 Å². The number of anilines is 1. The van der Waals surface area contributed by atoms with Crippen molar-refractivity contribution in [2.75, 3.05) is 17.6 Å². The van der Waals surface area contributed by atoms with Crippen LogP contribution in [0.4, 0.5) is 5.69 Å². The number of unbranched alkanes of at least 4 members (excludes halogenated alkanes) is 1. The molecule has 1 N–H and O–H groups in total. The molecule has 1 aliphatic heterocycles. The van der Waals surface area contributed by atoms with Gasteiger partial charge in [0.1, 0.15) is 6.54 Å². The van der Waals surface area contributed by atoms with Crippen molar-refractivity contribution in [2.24, 2.45) is 0 Å². The van der Waals surface area contributed by atoms with E-state index in [1.165, 1.54) is 0 Å². The Kier molecular flexibility index (Phi) is 6.88. The zero-order valence-corrected chi connectivity index (χ0v) is 19.1. The Bertz CT molecular complexity index is 1220. The van der Waals surface area contributed by atoms with Gasteiger partial charge < -0.3 is 5.32 Å². The molecule has 4 rings (SSSR count). The predicted octanol–water partition coefficient (Wildman–Crippen LogP) is 4.82. The van der Waals surface area contributed by atoms with E-state index in [0.717, 1.165) is 44.5 Å². The first-order valence-electron chi connectivity index (χ1n) is 10.3. The number of carbonyl (C=O) groups excluding carboxylic acids is 3. The van der Waals surface area contributed by atoms with E-state index in [0.29, 0.717) is 16.8 Å². The average molecular weight is 464 g/mol. The summed E-state index contributed by atoms with van der Waals surface area (Å²) in [5.41, 5.74) is 2.13. The van der Waals surface area contributed by atoms with E-state index in [1.54, 1.807) is 53.4 Å². The van der Waals surface area contributed by atoms with E-state index in [-0.39, 0.29) is 6.54 Å². The van der Waals surface area contributed by atoms with Crippen LogP contribution in [-0.4, -0.2) is 39.9 Å². The molecule has 0 unspecified atom stereocenters. The van der Waals surface area contributed by atoms with Crippen LogP contribution < -0.4 is 5.32 Å². The van der Waals surface area contributed by atoms with Gasteiger partial charge in [-0.05, 0) is 36.8 Å². The molecule has 32 heavy (non-hydrogen) atoms. The summed E-state index contributed by atoms with van der Waals surface area (Å²) in [6.45, 7) is 1.79. The summed E-state index contributed by atoms with van der Waals surface area (Å²) in [4.78, 5) is 43.0. The van der Waals surface area contributed by atoms with Gasteiger partial charge >= 0.3 is 0 Å². The Morgan fingerprint density at radius 3 is 2.53 bits per heavy atom. The minimum absolute atomic E-state index is 0.326. The number of thiazole rings is 1. The lowest BCUT2D eigenvalue weighted by Crippen LogP contribution is -2.37. The molecule has 0 fully saturated rings. The van der Waals surface area contributed by atoms with Crippen LogP contribution in [0.5, 0.6) is 0 Å². The zero-order chi connectivity index (χ0) is 22.5. The largest absolute Gasteiger partial charge is 0.324 e. The highest BCUT2D eigenvalue weighted by atomic mass is 32.2. The molecule has 0 bridgehead atoms. The SMILES string of the molecule is CCCC#CCCSc1nc2ccc(NC(=O)CN3C(=O)c4ccccc4C3=O)cc2s1. The highest BCUT2D eigenvalue weighted by Gasteiger charge is 2.36. The summed E-state index contributed by atoms with van der Waals surface area (Å²) in [6, 6.07) is 12.1. The highest BCUT2D eigenvalue weighted by Crippen LogP contribution is 2.31. The number of thioether (sulfide) groups is 1. The molecule has 162 valence electrons. The first-order valence-corrected chi connectivity index (χ1v) is 12.1. The molecule has 8 heteroatoms. The maximum absolute atomic E-state index is 12.5. The lowest BCUT2D eigenvalue weighted by molar-refractivity contribution is -0.116. The molecule has 1 aromatic heterocycles. The molecule has 6 nitrogen and oxygen atoms in total. The second-order valence-electron chi connectivity index (χ2n) is 7.15. The molecule has 0 saturated carbocycles. The fraction of sp³-hybridized carbons (Fsp3) is 0.250. The maximum Gasteiger partial charge on any atom is 0.262 e. The Hall–Kier alpha value is -3.15. The summed E-state index contributed by atoms with van der Waals surface area (Å²) in [7, 11) is 0. The molecule has 3 aromatic rings. The summed E-state index contributed by atoms with van der Waals surface area (Å²) >= 11 is 3.24. The van der Waals surface area contributed by atoms with Crippen LogP contribution in [0, 0.1) is 11.8 Å². The number of rotatable bonds is 7. The smallest absolute Gasteiger partial charge is 0.262 e. The minimum atomic E-state index is -0.445. The Balaban J connectivity index is 1.36. The summed E-state index contributed by atoms with van der Waals surface area (Å²) in [5, 5.41) is 2.78. The third kappa shape index (κ3) is 4.85. The maximum atomic E-state index is 12.5. The molecule has 1 aliphatic rings. The van der Waals surface area contributed by atoms with Crippen LogP contribution in [0.15, 0.2) is 46.8 Å². The van der Waals surface area contributed by atoms with Crippen LogP contribution in [-0.2, 0) is 4.79 Å². The molecular weight excluding hydrogens is 442 g/mol. The molecule has 0 aliphatic carbocycles. The number of carbonyl (C=O) groups is 3. The molecule has 0 spiro atoms. The van der Waals surface area contributed by atoms with Gasteiger partial charge in [0, 0.05) is 24.3 Å². The van der Waals surface area contributed by atoms with Crippen molar-refractivity contribution >= 4 is 56.7 Å². The monoisotopic (exact) mass is 463 g/mol. The second kappa shape index (κ2) is 9.98. The van der Waals surface area contributed by atoms with E-state index in [1.807, 2.05) is 12.1 Å². The van der Waals surface area contributed by atoms with Crippen LogP contribution in [0.25, 0.3) is 10.2 Å². The number of aromatic nitrogens is 1. The quantitative estimate of drug-likeness (QED) is 0.235. The third-order valence-electron chi connectivity index (χ3n) is 4.79. The van der Waals surface area contributed by atoms with Gasteiger partial charge in [-0.15, -0.1) is 23.2 Å². The van der Waals surface area contributed by atoms with E-state index in [4.69, 9.17) is 0 Å². The number of fused-ring (bicyclic) bond motifs is 2. The molecular formula is C24H21N3O3S2. The number of nitrogens with one attached hydrogen (secondary N) is 1. The zero-order valence-electron chi connectivity index (χ0n) is 17.5. The first-order chi connectivity index (χ1) is 15.6. The van der Waals surface area contributed by atoms with Gasteiger partial charge in [0.25, 0.3) is 11.8 Å². The van der Waals surface area contributed by atoms with Crippen LogP contribution in [0.3, 0.4) is 0 Å². The number of hydrogen-bond acceptors (Lipinski definition) is 6. The number of hydrogen-bond donors (Lipinski definition) is 1. The molecule has 3 amide bonds. The summed E-state index contributed by atoms with van der Waals surface area (Å²) in [5.74, 6) is 5.89.